The standard InChI is InChI=1S/C54H28BF15N2/c56-40-36(41(57)47(63)52(68)46(40)62)24-13-16-28(17-14-24)71-33-18-15-26(38-44(60)50(66)54(70)51(67)45(38)61)20-31(33)55-30-11-4-5-12-32(30)72(35-22-27(21-34(71)39(35)55)23-7-2-1-3-8-23)29-10-6-9-25(19-29)37-42(58)48(64)53(69)49(65)43(37)59/h4-6,9-23H,1-3,7-8H2. The number of hydrogen-bond acceptors (Lipinski definition) is 2. The highest BCUT2D eigenvalue weighted by molar-refractivity contribution is 7.00. The van der Waals surface area contributed by atoms with E-state index in [1.165, 1.54) is 42.5 Å². The topological polar surface area (TPSA) is 6.48 Å². The smallest absolute Gasteiger partial charge is 0.252 e. The molecule has 0 bridgehead atoms. The molecule has 8 aromatic rings. The van der Waals surface area contributed by atoms with Crippen molar-refractivity contribution in [2.75, 3.05) is 9.80 Å². The van der Waals surface area contributed by atoms with Crippen LogP contribution in [0.4, 0.5) is 100.0 Å². The van der Waals surface area contributed by atoms with Crippen LogP contribution < -0.4 is 26.2 Å². The van der Waals surface area contributed by atoms with Crippen LogP contribution in [0.15, 0.2) is 103 Å². The van der Waals surface area contributed by atoms with Crippen molar-refractivity contribution in [3.63, 3.8) is 0 Å². The first-order valence-corrected chi connectivity index (χ1v) is 22.3. The number of benzene rings is 8. The zero-order valence-corrected chi connectivity index (χ0v) is 36.6. The molecule has 3 aliphatic rings. The van der Waals surface area contributed by atoms with Gasteiger partial charge in [-0.15, -0.1) is 0 Å². The lowest BCUT2D eigenvalue weighted by Crippen LogP contribution is -2.61. The maximum atomic E-state index is 15.7. The molecule has 2 nitrogen and oxygen atoms in total. The number of fused-ring (bicyclic) bond motifs is 4. The number of hydrogen-bond donors (Lipinski definition) is 0. The zero-order valence-electron chi connectivity index (χ0n) is 36.6. The van der Waals surface area contributed by atoms with Gasteiger partial charge < -0.3 is 9.80 Å². The van der Waals surface area contributed by atoms with Crippen molar-refractivity contribution in [1.82, 2.24) is 0 Å². The Labute approximate surface area is 399 Å². The molecule has 0 aromatic heterocycles. The normalized spacial score (nSPS) is 14.2. The molecule has 0 saturated heterocycles. The summed E-state index contributed by atoms with van der Waals surface area (Å²) in [6.45, 7) is -0.957. The summed E-state index contributed by atoms with van der Waals surface area (Å²) in [6, 6.07) is 24.3. The SMILES string of the molecule is Fc1c(F)c(F)c(-c2ccc(N3c4ccc(-c5c(F)c(F)c(F)c(F)c5F)cc4B4c5ccccc5N(c5cccc(-c6c(F)c(F)c(F)c(F)c6F)c5)c5cc(C6CCCCC6)cc3c54)cc2)c(F)c1F. The van der Waals surface area contributed by atoms with Crippen molar-refractivity contribution in [3.05, 3.63) is 196 Å². The Balaban J connectivity index is 1.20. The summed E-state index contributed by atoms with van der Waals surface area (Å²) in [5, 5.41) is 0. The van der Waals surface area contributed by atoms with Gasteiger partial charge in [-0.3, -0.25) is 0 Å². The van der Waals surface area contributed by atoms with E-state index in [4.69, 9.17) is 0 Å². The fourth-order valence-corrected chi connectivity index (χ4v) is 10.5. The van der Waals surface area contributed by atoms with Crippen molar-refractivity contribution < 1.29 is 65.9 Å². The Hall–Kier alpha value is -7.63. The number of anilines is 6. The van der Waals surface area contributed by atoms with Crippen molar-refractivity contribution in [1.29, 1.82) is 0 Å². The molecule has 1 saturated carbocycles. The van der Waals surface area contributed by atoms with E-state index < -0.39 is 127 Å². The third-order valence-corrected chi connectivity index (χ3v) is 13.8. The summed E-state index contributed by atoms with van der Waals surface area (Å²) in [4.78, 5) is 3.33. The van der Waals surface area contributed by atoms with E-state index in [0.29, 0.717) is 28.0 Å². The Morgan fingerprint density at radius 2 is 0.764 bits per heavy atom. The van der Waals surface area contributed by atoms with Gasteiger partial charge >= 0.3 is 0 Å². The van der Waals surface area contributed by atoms with E-state index in [9.17, 15) is 39.5 Å². The van der Waals surface area contributed by atoms with Crippen LogP contribution in [-0.2, 0) is 0 Å². The van der Waals surface area contributed by atoms with Crippen LogP contribution in [0.5, 0.6) is 0 Å². The molecule has 2 aliphatic heterocycles. The molecule has 2 heterocycles. The lowest BCUT2D eigenvalue weighted by molar-refractivity contribution is 0.381. The predicted molar refractivity (Wildman–Crippen MR) is 242 cm³/mol. The maximum Gasteiger partial charge on any atom is 0.252 e. The van der Waals surface area contributed by atoms with Crippen molar-refractivity contribution in [3.8, 4) is 33.4 Å². The quantitative estimate of drug-likeness (QED) is 0.0709. The highest BCUT2D eigenvalue weighted by Gasteiger charge is 2.45. The van der Waals surface area contributed by atoms with Crippen LogP contribution in [0.3, 0.4) is 0 Å². The molecule has 8 aromatic carbocycles. The second-order valence-corrected chi connectivity index (χ2v) is 17.7. The summed E-state index contributed by atoms with van der Waals surface area (Å²) in [6.07, 6.45) is 4.10. The molecule has 18 heteroatoms. The van der Waals surface area contributed by atoms with E-state index >= 15 is 26.3 Å². The molecule has 1 aliphatic carbocycles. The van der Waals surface area contributed by atoms with Gasteiger partial charge in [-0.25, -0.2) is 65.9 Å². The minimum Gasteiger partial charge on any atom is -0.311 e. The van der Waals surface area contributed by atoms with Crippen LogP contribution >= 0.6 is 0 Å². The van der Waals surface area contributed by atoms with Gasteiger partial charge in [-0.2, -0.15) is 0 Å². The number of para-hydroxylation sites is 1. The maximum absolute atomic E-state index is 15.7. The molecular weight excluding hydrogens is 972 g/mol. The van der Waals surface area contributed by atoms with E-state index in [-0.39, 0.29) is 28.4 Å². The third kappa shape index (κ3) is 6.91. The molecule has 0 radical (unpaired) electrons. The Morgan fingerprint density at radius 3 is 1.29 bits per heavy atom. The number of nitrogens with zero attached hydrogens (tertiary/aromatic N) is 2. The van der Waals surface area contributed by atoms with Crippen LogP contribution in [0.1, 0.15) is 43.6 Å². The van der Waals surface area contributed by atoms with Crippen molar-refractivity contribution in [2.24, 2.45) is 0 Å². The van der Waals surface area contributed by atoms with Crippen LogP contribution in [0.25, 0.3) is 33.4 Å². The van der Waals surface area contributed by atoms with Gasteiger partial charge in [-0.1, -0.05) is 73.9 Å². The third-order valence-electron chi connectivity index (χ3n) is 13.8. The highest BCUT2D eigenvalue weighted by Crippen LogP contribution is 2.49. The lowest BCUT2D eigenvalue weighted by atomic mass is 9.33. The summed E-state index contributed by atoms with van der Waals surface area (Å²) in [7, 11) is 0. The largest absolute Gasteiger partial charge is 0.311 e. The minimum atomic E-state index is -2.38. The molecule has 0 unspecified atom stereocenters. The molecule has 0 spiro atoms. The van der Waals surface area contributed by atoms with Gasteiger partial charge in [0, 0.05) is 34.1 Å². The number of rotatable bonds is 6. The van der Waals surface area contributed by atoms with Gasteiger partial charge in [-0.05, 0) is 106 Å². The van der Waals surface area contributed by atoms with E-state index in [0.717, 1.165) is 61.9 Å². The average molecular weight is 1000 g/mol. The molecule has 0 amide bonds. The summed E-state index contributed by atoms with van der Waals surface area (Å²) >= 11 is 0. The van der Waals surface area contributed by atoms with E-state index in [1.54, 1.807) is 34.1 Å². The first-order valence-electron chi connectivity index (χ1n) is 22.3. The van der Waals surface area contributed by atoms with Crippen LogP contribution in [0.2, 0.25) is 0 Å². The average Bonchev–Trinajstić information content (AvgIpc) is 3.40. The number of halogens is 15. The molecule has 0 atom stereocenters. The van der Waals surface area contributed by atoms with Crippen molar-refractivity contribution in [2.45, 2.75) is 38.0 Å². The van der Waals surface area contributed by atoms with Gasteiger partial charge in [0.2, 0.25) is 17.5 Å². The Kier molecular flexibility index (Phi) is 11.2. The summed E-state index contributed by atoms with van der Waals surface area (Å²) < 4.78 is 223. The summed E-state index contributed by atoms with van der Waals surface area (Å²) in [5.41, 5.74) is -1.30. The first-order chi connectivity index (χ1) is 34.5. The van der Waals surface area contributed by atoms with E-state index in [2.05, 4.69) is 0 Å². The molecule has 1 fully saturated rings. The monoisotopic (exact) mass is 1000 g/mol. The van der Waals surface area contributed by atoms with Crippen molar-refractivity contribution >= 4 is 57.2 Å². The second kappa shape index (κ2) is 17.3. The van der Waals surface area contributed by atoms with Crippen LogP contribution in [-0.4, -0.2) is 6.71 Å². The lowest BCUT2D eigenvalue weighted by Gasteiger charge is -2.45. The van der Waals surface area contributed by atoms with Gasteiger partial charge in [0.1, 0.15) is 0 Å². The van der Waals surface area contributed by atoms with Gasteiger partial charge in [0.25, 0.3) is 6.71 Å². The molecule has 0 N–H and O–H groups in total. The molecule has 11 rings (SSSR count). The predicted octanol–water partition coefficient (Wildman–Crippen LogP) is 14.9. The first kappa shape index (κ1) is 46.7. The summed E-state index contributed by atoms with van der Waals surface area (Å²) in [5.74, 6) is -32.9. The molecule has 72 heavy (non-hydrogen) atoms. The van der Waals surface area contributed by atoms with E-state index in [1.807, 2.05) is 12.1 Å². The highest BCUT2D eigenvalue weighted by atomic mass is 19.2. The Bertz CT molecular complexity index is 3530. The Morgan fingerprint density at radius 1 is 0.333 bits per heavy atom. The zero-order chi connectivity index (χ0) is 50.8. The molecular formula is C54H28BF15N2. The second-order valence-electron chi connectivity index (χ2n) is 17.7. The van der Waals surface area contributed by atoms with Gasteiger partial charge in [0.05, 0.1) is 16.7 Å². The van der Waals surface area contributed by atoms with Crippen LogP contribution in [0, 0.1) is 87.3 Å². The minimum absolute atomic E-state index is 0.0751. The molecule has 362 valence electrons. The van der Waals surface area contributed by atoms with Gasteiger partial charge in [0.15, 0.2) is 69.8 Å². The fraction of sp³-hybridized carbons (Fsp3) is 0.111. The fourth-order valence-electron chi connectivity index (χ4n) is 10.5.